The van der Waals surface area contributed by atoms with E-state index in [0.717, 1.165) is 31.7 Å². The minimum atomic E-state index is -0.0961. The molecule has 0 amide bonds. The van der Waals surface area contributed by atoms with E-state index in [2.05, 4.69) is 72.0 Å². The molecule has 1 saturated heterocycles. The summed E-state index contributed by atoms with van der Waals surface area (Å²) >= 11 is 0. The molecule has 174 valence electrons. The van der Waals surface area contributed by atoms with Gasteiger partial charge in [-0.3, -0.25) is 0 Å². The van der Waals surface area contributed by atoms with Crippen LogP contribution >= 0.6 is 0 Å². The maximum atomic E-state index is 6.21. The van der Waals surface area contributed by atoms with Crippen LogP contribution in [0.3, 0.4) is 0 Å². The number of benzene rings is 3. The molecule has 0 unspecified atom stereocenters. The van der Waals surface area contributed by atoms with E-state index in [1.54, 1.807) is 0 Å². The summed E-state index contributed by atoms with van der Waals surface area (Å²) in [6.07, 6.45) is 7.19. The second-order valence-electron chi connectivity index (χ2n) is 9.35. The average Bonchev–Trinajstić information content (AvgIpc) is 3.37. The van der Waals surface area contributed by atoms with Gasteiger partial charge in [0.2, 0.25) is 0 Å². The summed E-state index contributed by atoms with van der Waals surface area (Å²) in [6.45, 7) is 3.29. The fourth-order valence-electron chi connectivity index (χ4n) is 5.03. The monoisotopic (exact) mass is 445 g/mol. The maximum Gasteiger partial charge on any atom is 0.157 e. The van der Waals surface area contributed by atoms with E-state index in [4.69, 9.17) is 14.2 Å². The molecule has 5 rings (SSSR count). The summed E-state index contributed by atoms with van der Waals surface area (Å²) in [5, 5.41) is 6.01. The van der Waals surface area contributed by atoms with Crippen LogP contribution in [0.2, 0.25) is 0 Å². The Balaban J connectivity index is 1.10. The van der Waals surface area contributed by atoms with Gasteiger partial charge in [-0.05, 0) is 79.1 Å². The number of hydrogen-bond donors (Lipinski definition) is 1. The van der Waals surface area contributed by atoms with Crippen LogP contribution in [0.1, 0.15) is 55.6 Å². The van der Waals surface area contributed by atoms with E-state index < -0.39 is 0 Å². The summed E-state index contributed by atoms with van der Waals surface area (Å²) in [4.78, 5) is 0. The molecular formula is C29H35NO3. The molecule has 2 fully saturated rings. The topological polar surface area (TPSA) is 39.7 Å². The first kappa shape index (κ1) is 22.4. The van der Waals surface area contributed by atoms with Crippen molar-refractivity contribution < 1.29 is 14.2 Å². The molecule has 3 aromatic rings. The van der Waals surface area contributed by atoms with Crippen LogP contribution in [0.4, 0.5) is 0 Å². The summed E-state index contributed by atoms with van der Waals surface area (Å²) in [7, 11) is 0. The molecule has 0 radical (unpaired) electrons. The van der Waals surface area contributed by atoms with E-state index in [9.17, 15) is 0 Å². The molecule has 1 aliphatic carbocycles. The second-order valence-corrected chi connectivity index (χ2v) is 9.35. The predicted octanol–water partition coefficient (Wildman–Crippen LogP) is 6.19. The first-order valence-corrected chi connectivity index (χ1v) is 12.5. The van der Waals surface area contributed by atoms with Crippen molar-refractivity contribution in [2.75, 3.05) is 19.8 Å². The highest BCUT2D eigenvalue weighted by Crippen LogP contribution is 2.33. The normalized spacial score (nSPS) is 21.5. The van der Waals surface area contributed by atoms with Crippen LogP contribution in [0, 0.1) is 0 Å². The number of fused-ring (bicyclic) bond motifs is 1. The number of nitrogens with one attached hydrogen (secondary N) is 1. The fraction of sp³-hybridized carbons (Fsp3) is 0.448. The molecule has 4 heteroatoms. The van der Waals surface area contributed by atoms with Gasteiger partial charge in [0.05, 0.1) is 19.3 Å². The number of ether oxygens (including phenoxy) is 3. The van der Waals surface area contributed by atoms with Gasteiger partial charge in [0.25, 0.3) is 0 Å². The Labute approximate surface area is 197 Å². The molecule has 1 heterocycles. The van der Waals surface area contributed by atoms with E-state index in [1.165, 1.54) is 47.6 Å². The Morgan fingerprint density at radius 1 is 0.879 bits per heavy atom. The Hall–Kier alpha value is -2.40. The smallest absolute Gasteiger partial charge is 0.157 e. The highest BCUT2D eigenvalue weighted by molar-refractivity contribution is 5.87. The molecule has 33 heavy (non-hydrogen) atoms. The third-order valence-corrected chi connectivity index (χ3v) is 6.86. The molecule has 3 aromatic carbocycles. The number of hydrogen-bond acceptors (Lipinski definition) is 4. The van der Waals surface area contributed by atoms with Gasteiger partial charge in [-0.25, -0.2) is 0 Å². The van der Waals surface area contributed by atoms with Gasteiger partial charge in [-0.15, -0.1) is 0 Å². The van der Waals surface area contributed by atoms with Crippen LogP contribution in [0.5, 0.6) is 5.75 Å². The molecule has 1 saturated carbocycles. The Kier molecular flexibility index (Phi) is 7.57. The third kappa shape index (κ3) is 5.94. The van der Waals surface area contributed by atoms with Crippen molar-refractivity contribution in [3.63, 3.8) is 0 Å². The lowest BCUT2D eigenvalue weighted by atomic mass is 9.94. The van der Waals surface area contributed by atoms with E-state index >= 15 is 0 Å². The molecule has 0 aromatic heterocycles. The molecule has 1 N–H and O–H groups in total. The van der Waals surface area contributed by atoms with Gasteiger partial charge < -0.3 is 19.5 Å². The summed E-state index contributed by atoms with van der Waals surface area (Å²) in [6, 6.07) is 23.6. The van der Waals surface area contributed by atoms with Crippen molar-refractivity contribution in [3.05, 3.63) is 77.9 Å². The second kappa shape index (κ2) is 11.1. The molecule has 1 aliphatic heterocycles. The van der Waals surface area contributed by atoms with Crippen molar-refractivity contribution in [2.24, 2.45) is 0 Å². The Bertz CT molecular complexity index is 1010. The maximum absolute atomic E-state index is 6.21. The SMILES string of the molecule is c1ccc(CNCCCC2OCC(c3cccc4cc(OC5CCCC5)ccc34)CO2)cc1. The largest absolute Gasteiger partial charge is 0.490 e. The van der Waals surface area contributed by atoms with Crippen LogP contribution < -0.4 is 10.1 Å². The average molecular weight is 446 g/mol. The Morgan fingerprint density at radius 2 is 1.70 bits per heavy atom. The van der Waals surface area contributed by atoms with Gasteiger partial charge in [-0.2, -0.15) is 0 Å². The van der Waals surface area contributed by atoms with Crippen molar-refractivity contribution in [1.82, 2.24) is 5.32 Å². The Morgan fingerprint density at radius 3 is 2.52 bits per heavy atom. The minimum Gasteiger partial charge on any atom is -0.490 e. The zero-order chi connectivity index (χ0) is 22.3. The van der Waals surface area contributed by atoms with E-state index in [0.29, 0.717) is 19.3 Å². The van der Waals surface area contributed by atoms with Gasteiger partial charge in [-0.1, -0.05) is 54.6 Å². The molecule has 4 nitrogen and oxygen atoms in total. The van der Waals surface area contributed by atoms with Gasteiger partial charge in [0, 0.05) is 12.5 Å². The van der Waals surface area contributed by atoms with Gasteiger partial charge in [0.1, 0.15) is 5.75 Å². The lowest BCUT2D eigenvalue weighted by molar-refractivity contribution is -0.189. The lowest BCUT2D eigenvalue weighted by Crippen LogP contribution is -2.31. The summed E-state index contributed by atoms with van der Waals surface area (Å²) in [5.74, 6) is 1.26. The molecule has 0 spiro atoms. The standard InChI is InChI=1S/C29H35NO3/c1-2-8-22(9-3-1)19-30-17-7-14-29-31-20-24(21-32-29)27-13-6-10-23-18-26(15-16-28(23)27)33-25-11-4-5-12-25/h1-3,6,8-10,13,15-16,18,24-25,29-30H,4-5,7,11-12,14,17,19-21H2. The first-order valence-electron chi connectivity index (χ1n) is 12.5. The van der Waals surface area contributed by atoms with Gasteiger partial charge >= 0.3 is 0 Å². The summed E-state index contributed by atoms with van der Waals surface area (Å²) < 4.78 is 18.4. The minimum absolute atomic E-state index is 0.0961. The van der Waals surface area contributed by atoms with Crippen LogP contribution in [0.25, 0.3) is 10.8 Å². The van der Waals surface area contributed by atoms with Crippen LogP contribution in [-0.2, 0) is 16.0 Å². The predicted molar refractivity (Wildman–Crippen MR) is 133 cm³/mol. The third-order valence-electron chi connectivity index (χ3n) is 6.86. The van der Waals surface area contributed by atoms with Crippen LogP contribution in [0.15, 0.2) is 66.7 Å². The zero-order valence-corrected chi connectivity index (χ0v) is 19.4. The van der Waals surface area contributed by atoms with Crippen molar-refractivity contribution in [3.8, 4) is 5.75 Å². The van der Waals surface area contributed by atoms with E-state index in [1.807, 2.05) is 0 Å². The van der Waals surface area contributed by atoms with Crippen molar-refractivity contribution in [2.45, 2.75) is 63.4 Å². The molecular weight excluding hydrogens is 410 g/mol. The van der Waals surface area contributed by atoms with Gasteiger partial charge in [0.15, 0.2) is 6.29 Å². The number of rotatable bonds is 9. The van der Waals surface area contributed by atoms with Crippen molar-refractivity contribution in [1.29, 1.82) is 0 Å². The van der Waals surface area contributed by atoms with E-state index in [-0.39, 0.29) is 12.2 Å². The summed E-state index contributed by atoms with van der Waals surface area (Å²) in [5.41, 5.74) is 2.63. The van der Waals surface area contributed by atoms with Crippen molar-refractivity contribution >= 4 is 10.8 Å². The highest BCUT2D eigenvalue weighted by Gasteiger charge is 2.24. The molecule has 0 atom stereocenters. The van der Waals surface area contributed by atoms with Crippen LogP contribution in [-0.4, -0.2) is 32.2 Å². The molecule has 2 aliphatic rings. The quantitative estimate of drug-likeness (QED) is 0.399. The molecule has 0 bridgehead atoms. The first-order chi connectivity index (χ1) is 16.3. The fourth-order valence-corrected chi connectivity index (χ4v) is 5.03. The highest BCUT2D eigenvalue weighted by atomic mass is 16.7. The lowest BCUT2D eigenvalue weighted by Gasteiger charge is -2.30. The zero-order valence-electron chi connectivity index (χ0n) is 19.4.